The van der Waals surface area contributed by atoms with Crippen LogP contribution in [0.3, 0.4) is 0 Å². The van der Waals surface area contributed by atoms with Crippen molar-refractivity contribution in [1.82, 2.24) is 14.8 Å². The number of aryl methyl sites for hydroxylation is 1. The average Bonchev–Trinajstić information content (AvgIpc) is 2.78. The minimum absolute atomic E-state index is 0.221. The van der Waals surface area contributed by atoms with Crippen LogP contribution in [-0.4, -0.2) is 48.0 Å². The third kappa shape index (κ3) is 2.41. The predicted molar refractivity (Wildman–Crippen MR) is 76.6 cm³/mol. The summed E-state index contributed by atoms with van der Waals surface area (Å²) in [7, 11) is 1.99. The van der Waals surface area contributed by atoms with Gasteiger partial charge < -0.3 is 9.88 Å². The highest BCUT2D eigenvalue weighted by Crippen LogP contribution is 2.20. The second-order valence-corrected chi connectivity index (χ2v) is 5.12. The number of piperazine rings is 1. The van der Waals surface area contributed by atoms with Crippen molar-refractivity contribution in [3.05, 3.63) is 36.0 Å². The van der Waals surface area contributed by atoms with E-state index in [1.54, 1.807) is 0 Å². The van der Waals surface area contributed by atoms with E-state index in [2.05, 4.69) is 16.3 Å². The summed E-state index contributed by atoms with van der Waals surface area (Å²) in [5.41, 5.74) is 1.96. The van der Waals surface area contributed by atoms with E-state index in [1.807, 2.05) is 36.0 Å². The number of nitrogens with zero attached hydrogens (tertiary/aromatic N) is 2. The normalized spacial score (nSPS) is 16.9. The van der Waals surface area contributed by atoms with Crippen LogP contribution in [0.2, 0.25) is 0 Å². The number of ketones is 1. The Bertz CT molecular complexity index is 596. The van der Waals surface area contributed by atoms with Crippen LogP contribution in [0.1, 0.15) is 10.4 Å². The largest absolute Gasteiger partial charge is 0.350 e. The first-order chi connectivity index (χ1) is 9.25. The number of hydrogen-bond donors (Lipinski definition) is 1. The summed E-state index contributed by atoms with van der Waals surface area (Å²) >= 11 is 0. The molecule has 0 spiro atoms. The van der Waals surface area contributed by atoms with E-state index in [9.17, 15) is 4.79 Å². The van der Waals surface area contributed by atoms with E-state index in [0.717, 1.165) is 42.6 Å². The molecule has 19 heavy (non-hydrogen) atoms. The van der Waals surface area contributed by atoms with E-state index in [-0.39, 0.29) is 5.78 Å². The fourth-order valence-corrected chi connectivity index (χ4v) is 2.72. The Labute approximate surface area is 113 Å². The molecule has 1 saturated heterocycles. The highest BCUT2D eigenvalue weighted by molar-refractivity contribution is 6.09. The summed E-state index contributed by atoms with van der Waals surface area (Å²) in [5.74, 6) is 0.221. The summed E-state index contributed by atoms with van der Waals surface area (Å²) in [6.45, 7) is 4.38. The molecule has 2 heterocycles. The quantitative estimate of drug-likeness (QED) is 0.841. The van der Waals surface area contributed by atoms with Crippen LogP contribution in [0, 0.1) is 0 Å². The molecule has 0 unspecified atom stereocenters. The van der Waals surface area contributed by atoms with Crippen LogP contribution in [0.15, 0.2) is 30.5 Å². The SMILES string of the molecule is Cn1cc(C(=O)CN2CCNCC2)c2ccccc21. The van der Waals surface area contributed by atoms with Gasteiger partial charge in [0.15, 0.2) is 5.78 Å². The van der Waals surface area contributed by atoms with Gasteiger partial charge in [0, 0.05) is 55.9 Å². The van der Waals surface area contributed by atoms with E-state index in [1.165, 1.54) is 0 Å². The number of benzene rings is 1. The smallest absolute Gasteiger partial charge is 0.178 e. The van der Waals surface area contributed by atoms with Crippen molar-refractivity contribution in [2.75, 3.05) is 32.7 Å². The fraction of sp³-hybridized carbons (Fsp3) is 0.400. The zero-order valence-corrected chi connectivity index (χ0v) is 11.2. The van der Waals surface area contributed by atoms with E-state index in [4.69, 9.17) is 0 Å². The van der Waals surface area contributed by atoms with Gasteiger partial charge in [-0.2, -0.15) is 0 Å². The van der Waals surface area contributed by atoms with Gasteiger partial charge in [-0.1, -0.05) is 18.2 Å². The molecule has 0 radical (unpaired) electrons. The number of Topliss-reactive ketones (excluding diaryl/α,β-unsaturated/α-hetero) is 1. The third-order valence-corrected chi connectivity index (χ3v) is 3.77. The molecule has 4 heteroatoms. The van der Waals surface area contributed by atoms with Gasteiger partial charge in [0.1, 0.15) is 0 Å². The lowest BCUT2D eigenvalue weighted by atomic mass is 10.1. The van der Waals surface area contributed by atoms with Gasteiger partial charge in [-0.15, -0.1) is 0 Å². The van der Waals surface area contributed by atoms with Crippen molar-refractivity contribution in [1.29, 1.82) is 0 Å². The Morgan fingerprint density at radius 3 is 2.79 bits per heavy atom. The molecule has 0 atom stereocenters. The van der Waals surface area contributed by atoms with Crippen LogP contribution in [0.25, 0.3) is 10.9 Å². The van der Waals surface area contributed by atoms with Crippen LogP contribution >= 0.6 is 0 Å². The predicted octanol–water partition coefficient (Wildman–Crippen LogP) is 1.27. The Hall–Kier alpha value is -1.65. The number of hydrogen-bond acceptors (Lipinski definition) is 3. The molecule has 0 saturated carbocycles. The molecule has 0 amide bonds. The number of nitrogens with one attached hydrogen (secondary N) is 1. The van der Waals surface area contributed by atoms with Gasteiger partial charge in [-0.25, -0.2) is 0 Å². The maximum Gasteiger partial charge on any atom is 0.178 e. The first-order valence-electron chi connectivity index (χ1n) is 6.76. The first kappa shape index (κ1) is 12.4. The van der Waals surface area contributed by atoms with Crippen molar-refractivity contribution in [3.8, 4) is 0 Å². The van der Waals surface area contributed by atoms with Gasteiger partial charge >= 0.3 is 0 Å². The highest BCUT2D eigenvalue weighted by atomic mass is 16.1. The average molecular weight is 257 g/mol. The minimum Gasteiger partial charge on any atom is -0.350 e. The van der Waals surface area contributed by atoms with Gasteiger partial charge in [-0.3, -0.25) is 9.69 Å². The van der Waals surface area contributed by atoms with E-state index < -0.39 is 0 Å². The molecule has 1 fully saturated rings. The monoisotopic (exact) mass is 257 g/mol. The van der Waals surface area contributed by atoms with E-state index in [0.29, 0.717) is 6.54 Å². The lowest BCUT2D eigenvalue weighted by Gasteiger charge is -2.26. The number of aromatic nitrogens is 1. The Kier molecular flexibility index (Phi) is 3.36. The molecule has 4 nitrogen and oxygen atoms in total. The molecular formula is C15H19N3O. The van der Waals surface area contributed by atoms with Gasteiger partial charge in [0.25, 0.3) is 0 Å². The summed E-state index contributed by atoms with van der Waals surface area (Å²) in [4.78, 5) is 14.7. The fourth-order valence-electron chi connectivity index (χ4n) is 2.72. The Morgan fingerprint density at radius 1 is 1.26 bits per heavy atom. The van der Waals surface area contributed by atoms with Crippen molar-refractivity contribution in [2.45, 2.75) is 0 Å². The Balaban J connectivity index is 1.85. The number of carbonyl (C=O) groups is 1. The standard InChI is InChI=1S/C15H19N3O/c1-17-10-13(12-4-2-3-5-14(12)17)15(19)11-18-8-6-16-7-9-18/h2-5,10,16H,6-9,11H2,1H3. The second kappa shape index (κ2) is 5.15. The van der Waals surface area contributed by atoms with Crippen LogP contribution in [0.4, 0.5) is 0 Å². The van der Waals surface area contributed by atoms with E-state index >= 15 is 0 Å². The molecule has 100 valence electrons. The van der Waals surface area contributed by atoms with Crippen molar-refractivity contribution in [3.63, 3.8) is 0 Å². The zero-order valence-electron chi connectivity index (χ0n) is 11.2. The number of rotatable bonds is 3. The van der Waals surface area contributed by atoms with Crippen molar-refractivity contribution in [2.24, 2.45) is 7.05 Å². The molecule has 0 aliphatic carbocycles. The molecule has 1 aliphatic rings. The molecular weight excluding hydrogens is 238 g/mol. The van der Waals surface area contributed by atoms with Crippen molar-refractivity contribution >= 4 is 16.7 Å². The summed E-state index contributed by atoms with van der Waals surface area (Å²) < 4.78 is 2.03. The second-order valence-electron chi connectivity index (χ2n) is 5.12. The lowest BCUT2D eigenvalue weighted by Crippen LogP contribution is -2.45. The third-order valence-electron chi connectivity index (χ3n) is 3.77. The number of fused-ring (bicyclic) bond motifs is 1. The maximum absolute atomic E-state index is 12.5. The first-order valence-corrected chi connectivity index (χ1v) is 6.76. The summed E-state index contributed by atoms with van der Waals surface area (Å²) in [6, 6.07) is 8.08. The lowest BCUT2D eigenvalue weighted by molar-refractivity contribution is 0.0923. The number of para-hydroxylation sites is 1. The highest BCUT2D eigenvalue weighted by Gasteiger charge is 2.18. The summed E-state index contributed by atoms with van der Waals surface area (Å²) in [5, 5.41) is 4.36. The maximum atomic E-state index is 12.5. The topological polar surface area (TPSA) is 37.3 Å². The van der Waals surface area contributed by atoms with Crippen molar-refractivity contribution < 1.29 is 4.79 Å². The Morgan fingerprint density at radius 2 is 2.00 bits per heavy atom. The molecule has 2 aromatic rings. The summed E-state index contributed by atoms with van der Waals surface area (Å²) in [6.07, 6.45) is 1.95. The molecule has 3 rings (SSSR count). The molecule has 0 bridgehead atoms. The van der Waals surface area contributed by atoms with Gasteiger partial charge in [0.2, 0.25) is 0 Å². The van der Waals surface area contributed by atoms with Crippen LogP contribution in [0.5, 0.6) is 0 Å². The molecule has 1 aliphatic heterocycles. The van der Waals surface area contributed by atoms with Gasteiger partial charge in [-0.05, 0) is 6.07 Å². The zero-order chi connectivity index (χ0) is 13.2. The molecule has 1 aromatic heterocycles. The van der Waals surface area contributed by atoms with Gasteiger partial charge in [0.05, 0.1) is 6.54 Å². The van der Waals surface area contributed by atoms with Crippen LogP contribution < -0.4 is 5.32 Å². The molecule has 1 N–H and O–H groups in total. The van der Waals surface area contributed by atoms with Crippen LogP contribution in [-0.2, 0) is 7.05 Å². The minimum atomic E-state index is 0.221. The molecule has 1 aromatic carbocycles. The number of carbonyl (C=O) groups excluding carboxylic acids is 1.